The average molecular weight is 314 g/mol. The van der Waals surface area contributed by atoms with Gasteiger partial charge in [0, 0.05) is 30.6 Å². The summed E-state index contributed by atoms with van der Waals surface area (Å²) >= 11 is 0. The van der Waals surface area contributed by atoms with E-state index in [1.807, 2.05) is 62.6 Å². The predicted octanol–water partition coefficient (Wildman–Crippen LogP) is 5.25. The van der Waals surface area contributed by atoms with E-state index >= 15 is 0 Å². The van der Waals surface area contributed by atoms with E-state index in [2.05, 4.69) is 29.2 Å². The van der Waals surface area contributed by atoms with Crippen LogP contribution in [0.2, 0.25) is 0 Å². The van der Waals surface area contributed by atoms with E-state index in [1.54, 1.807) is 0 Å². The van der Waals surface area contributed by atoms with Crippen LogP contribution in [0.5, 0.6) is 11.5 Å². The third kappa shape index (κ3) is 2.54. The molecule has 0 aliphatic carbocycles. The average Bonchev–Trinajstić information content (AvgIpc) is 2.62. The van der Waals surface area contributed by atoms with Crippen molar-refractivity contribution >= 4 is 27.5 Å². The molecule has 24 heavy (non-hydrogen) atoms. The zero-order valence-corrected chi connectivity index (χ0v) is 13.7. The Morgan fingerprint density at radius 2 is 1.46 bits per heavy atom. The number of hydrogen-bond acceptors (Lipinski definition) is 3. The molecule has 0 atom stereocenters. The Hall–Kier alpha value is -3.07. The number of para-hydroxylation sites is 2. The van der Waals surface area contributed by atoms with Gasteiger partial charge in [0.1, 0.15) is 11.5 Å². The third-order valence-corrected chi connectivity index (χ3v) is 4.10. The molecule has 1 aromatic heterocycles. The fourth-order valence-electron chi connectivity index (χ4n) is 2.84. The van der Waals surface area contributed by atoms with E-state index in [9.17, 15) is 0 Å². The second-order valence-electron chi connectivity index (χ2n) is 5.97. The zero-order valence-electron chi connectivity index (χ0n) is 13.7. The number of rotatable bonds is 3. The molecule has 0 aliphatic rings. The van der Waals surface area contributed by atoms with Gasteiger partial charge in [-0.1, -0.05) is 30.3 Å². The molecular formula is C21H18N2O. The van der Waals surface area contributed by atoms with Crippen molar-refractivity contribution in [3.05, 3.63) is 72.8 Å². The van der Waals surface area contributed by atoms with Crippen LogP contribution in [0.25, 0.3) is 21.8 Å². The van der Waals surface area contributed by atoms with Gasteiger partial charge in [0.05, 0.1) is 11.0 Å². The maximum Gasteiger partial charge on any atom is 0.146 e. The lowest BCUT2D eigenvalue weighted by molar-refractivity contribution is 0.493. The van der Waals surface area contributed by atoms with Gasteiger partial charge >= 0.3 is 0 Å². The van der Waals surface area contributed by atoms with Crippen molar-refractivity contribution in [2.45, 2.75) is 0 Å². The lowest BCUT2D eigenvalue weighted by Crippen LogP contribution is -2.08. The van der Waals surface area contributed by atoms with Gasteiger partial charge < -0.3 is 9.64 Å². The molecule has 0 spiro atoms. The first-order chi connectivity index (χ1) is 11.7. The van der Waals surface area contributed by atoms with Gasteiger partial charge in [0.15, 0.2) is 0 Å². The van der Waals surface area contributed by atoms with Gasteiger partial charge in [-0.3, -0.25) is 0 Å². The molecule has 0 unspecified atom stereocenters. The number of pyridine rings is 1. The quantitative estimate of drug-likeness (QED) is 0.483. The molecule has 0 N–H and O–H groups in total. The highest BCUT2D eigenvalue weighted by molar-refractivity contribution is 6.02. The normalized spacial score (nSPS) is 10.9. The second-order valence-corrected chi connectivity index (χ2v) is 5.97. The molecule has 0 radical (unpaired) electrons. The third-order valence-electron chi connectivity index (χ3n) is 4.10. The van der Waals surface area contributed by atoms with Crippen LogP contribution in [0.15, 0.2) is 72.8 Å². The number of benzene rings is 3. The molecule has 4 rings (SSSR count). The van der Waals surface area contributed by atoms with Crippen LogP contribution in [0.1, 0.15) is 0 Å². The highest BCUT2D eigenvalue weighted by Gasteiger charge is 2.12. The maximum absolute atomic E-state index is 6.25. The Morgan fingerprint density at radius 3 is 2.25 bits per heavy atom. The first kappa shape index (κ1) is 14.5. The summed E-state index contributed by atoms with van der Waals surface area (Å²) in [4.78, 5) is 6.89. The fourth-order valence-corrected chi connectivity index (χ4v) is 2.84. The van der Waals surface area contributed by atoms with Gasteiger partial charge in [0.25, 0.3) is 0 Å². The van der Waals surface area contributed by atoms with Crippen molar-refractivity contribution in [3.8, 4) is 11.5 Å². The highest BCUT2D eigenvalue weighted by atomic mass is 16.5. The van der Waals surface area contributed by atoms with Crippen LogP contribution in [0.3, 0.4) is 0 Å². The molecular weight excluding hydrogens is 296 g/mol. The predicted molar refractivity (Wildman–Crippen MR) is 100 cm³/mol. The molecule has 1 heterocycles. The zero-order chi connectivity index (χ0) is 16.5. The largest absolute Gasteiger partial charge is 0.456 e. The number of fused-ring (bicyclic) bond motifs is 2. The lowest BCUT2D eigenvalue weighted by atomic mass is 10.1. The van der Waals surface area contributed by atoms with E-state index in [0.29, 0.717) is 0 Å². The minimum atomic E-state index is 0.826. The lowest BCUT2D eigenvalue weighted by Gasteiger charge is -2.16. The van der Waals surface area contributed by atoms with Gasteiger partial charge in [-0.25, -0.2) is 4.98 Å². The number of anilines is 1. The van der Waals surface area contributed by atoms with Crippen molar-refractivity contribution in [2.75, 3.05) is 19.0 Å². The summed E-state index contributed by atoms with van der Waals surface area (Å²) in [5.74, 6) is 1.68. The minimum absolute atomic E-state index is 0.826. The van der Waals surface area contributed by atoms with Crippen LogP contribution < -0.4 is 9.64 Å². The van der Waals surface area contributed by atoms with Crippen LogP contribution in [-0.4, -0.2) is 19.1 Å². The number of ether oxygens (including phenoxy) is 1. The highest BCUT2D eigenvalue weighted by Crippen LogP contribution is 2.37. The molecule has 3 heteroatoms. The van der Waals surface area contributed by atoms with Crippen molar-refractivity contribution in [2.24, 2.45) is 0 Å². The molecule has 3 nitrogen and oxygen atoms in total. The summed E-state index contributed by atoms with van der Waals surface area (Å²) in [6.07, 6.45) is 0. The maximum atomic E-state index is 6.25. The first-order valence-electron chi connectivity index (χ1n) is 7.95. The van der Waals surface area contributed by atoms with E-state index in [1.165, 1.54) is 0 Å². The molecule has 0 saturated heterocycles. The Morgan fingerprint density at radius 1 is 0.750 bits per heavy atom. The van der Waals surface area contributed by atoms with Gasteiger partial charge in [0.2, 0.25) is 0 Å². The summed E-state index contributed by atoms with van der Waals surface area (Å²) in [6, 6.07) is 24.2. The Bertz CT molecular complexity index is 1010. The van der Waals surface area contributed by atoms with Crippen LogP contribution in [0.4, 0.5) is 5.69 Å². The number of aromatic nitrogens is 1. The van der Waals surface area contributed by atoms with Crippen LogP contribution in [-0.2, 0) is 0 Å². The summed E-state index contributed by atoms with van der Waals surface area (Å²) in [5, 5.41) is 2.04. The Labute approximate surface area is 141 Å². The molecule has 0 aliphatic heterocycles. The van der Waals surface area contributed by atoms with Gasteiger partial charge in [-0.05, 0) is 42.5 Å². The monoisotopic (exact) mass is 314 g/mol. The van der Waals surface area contributed by atoms with Crippen LogP contribution >= 0.6 is 0 Å². The Balaban J connectivity index is 1.99. The summed E-state index contributed by atoms with van der Waals surface area (Å²) in [5.41, 5.74) is 2.99. The standard InChI is InChI=1S/C21H18N2O/c1-23(2)15-12-13-18-20(14-15)22-19-11-7-6-10-17(19)21(18)24-16-8-4-3-5-9-16/h3-14H,1-2H3. The fraction of sp³-hybridized carbons (Fsp3) is 0.0952. The topological polar surface area (TPSA) is 25.4 Å². The minimum Gasteiger partial charge on any atom is -0.456 e. The molecule has 0 bridgehead atoms. The smallest absolute Gasteiger partial charge is 0.146 e. The van der Waals surface area contributed by atoms with E-state index in [0.717, 1.165) is 39.0 Å². The van der Waals surface area contributed by atoms with Crippen molar-refractivity contribution < 1.29 is 4.74 Å². The van der Waals surface area contributed by atoms with Crippen molar-refractivity contribution in [1.29, 1.82) is 0 Å². The number of hydrogen-bond donors (Lipinski definition) is 0. The molecule has 4 aromatic rings. The molecule has 0 saturated carbocycles. The first-order valence-corrected chi connectivity index (χ1v) is 7.95. The van der Waals surface area contributed by atoms with E-state index in [4.69, 9.17) is 9.72 Å². The molecule has 0 amide bonds. The summed E-state index contributed by atoms with van der Waals surface area (Å²) in [7, 11) is 4.06. The molecule has 3 aromatic carbocycles. The van der Waals surface area contributed by atoms with Crippen molar-refractivity contribution in [3.63, 3.8) is 0 Å². The van der Waals surface area contributed by atoms with Gasteiger partial charge in [-0.15, -0.1) is 0 Å². The van der Waals surface area contributed by atoms with E-state index < -0.39 is 0 Å². The summed E-state index contributed by atoms with van der Waals surface area (Å²) in [6.45, 7) is 0. The van der Waals surface area contributed by atoms with E-state index in [-0.39, 0.29) is 0 Å². The Kier molecular flexibility index (Phi) is 3.54. The second kappa shape index (κ2) is 5.85. The number of nitrogens with zero attached hydrogens (tertiary/aromatic N) is 2. The van der Waals surface area contributed by atoms with Crippen LogP contribution in [0, 0.1) is 0 Å². The SMILES string of the molecule is CN(C)c1ccc2c(Oc3ccccc3)c3ccccc3nc2c1. The molecule has 0 fully saturated rings. The summed E-state index contributed by atoms with van der Waals surface area (Å²) < 4.78 is 6.25. The van der Waals surface area contributed by atoms with Gasteiger partial charge in [-0.2, -0.15) is 0 Å². The molecule has 118 valence electrons. The van der Waals surface area contributed by atoms with Crippen molar-refractivity contribution in [1.82, 2.24) is 4.98 Å².